The summed E-state index contributed by atoms with van der Waals surface area (Å²) in [5, 5.41) is 2.72. The normalized spacial score (nSPS) is 32.9. The van der Waals surface area contributed by atoms with Crippen LogP contribution in [0.4, 0.5) is 8.78 Å². The lowest BCUT2D eigenvalue weighted by atomic mass is 9.81. The van der Waals surface area contributed by atoms with E-state index in [1.165, 1.54) is 0 Å². The second-order valence-electron chi connectivity index (χ2n) is 5.42. The van der Waals surface area contributed by atoms with Crippen LogP contribution < -0.4 is 11.1 Å². The molecule has 98 valence electrons. The number of carbonyl (C=O) groups excluding carboxylic acids is 1. The third-order valence-corrected chi connectivity index (χ3v) is 3.99. The molecule has 0 heterocycles. The van der Waals surface area contributed by atoms with Gasteiger partial charge in [-0.15, -0.1) is 0 Å². The van der Waals surface area contributed by atoms with Crippen molar-refractivity contribution in [1.29, 1.82) is 0 Å². The van der Waals surface area contributed by atoms with E-state index in [2.05, 4.69) is 5.32 Å². The molecule has 0 atom stereocenters. The lowest BCUT2D eigenvalue weighted by Crippen LogP contribution is -2.52. The molecular weight excluding hydrogens is 226 g/mol. The van der Waals surface area contributed by atoms with Gasteiger partial charge in [0.25, 0.3) is 5.92 Å². The van der Waals surface area contributed by atoms with E-state index in [-0.39, 0.29) is 30.7 Å². The summed E-state index contributed by atoms with van der Waals surface area (Å²) >= 11 is 0. The van der Waals surface area contributed by atoms with E-state index < -0.39 is 5.92 Å². The van der Waals surface area contributed by atoms with Gasteiger partial charge in [-0.1, -0.05) is 0 Å². The molecule has 0 aromatic heterocycles. The number of alkyl halides is 2. The first-order valence-corrected chi connectivity index (χ1v) is 6.38. The molecule has 0 unspecified atom stereocenters. The summed E-state index contributed by atoms with van der Waals surface area (Å²) in [4.78, 5) is 11.8. The average Bonchev–Trinajstić information content (AvgIpc) is 2.26. The SMILES string of the molecule is NCC1CCC(C(=O)NC2CC(F)(F)C2)CC1. The molecule has 0 spiro atoms. The molecule has 2 aliphatic rings. The Hall–Kier alpha value is -0.710. The molecule has 2 rings (SSSR count). The van der Waals surface area contributed by atoms with Crippen molar-refractivity contribution in [2.75, 3.05) is 6.54 Å². The monoisotopic (exact) mass is 246 g/mol. The summed E-state index contributed by atoms with van der Waals surface area (Å²) in [5.41, 5.74) is 5.58. The van der Waals surface area contributed by atoms with Gasteiger partial charge in [-0.2, -0.15) is 0 Å². The third kappa shape index (κ3) is 3.15. The van der Waals surface area contributed by atoms with Gasteiger partial charge >= 0.3 is 0 Å². The topological polar surface area (TPSA) is 55.1 Å². The van der Waals surface area contributed by atoms with Crippen LogP contribution in [-0.2, 0) is 4.79 Å². The van der Waals surface area contributed by atoms with Gasteiger partial charge in [0.05, 0.1) is 0 Å². The van der Waals surface area contributed by atoms with Crippen molar-refractivity contribution in [2.45, 2.75) is 50.5 Å². The van der Waals surface area contributed by atoms with E-state index in [0.717, 1.165) is 25.7 Å². The smallest absolute Gasteiger partial charge is 0.252 e. The Balaban J connectivity index is 1.71. The predicted molar refractivity (Wildman–Crippen MR) is 60.6 cm³/mol. The number of rotatable bonds is 3. The molecule has 3 N–H and O–H groups in total. The number of amides is 1. The average molecular weight is 246 g/mol. The molecule has 3 nitrogen and oxygen atoms in total. The minimum atomic E-state index is -2.56. The Labute approximate surface area is 100 Å². The molecule has 1 amide bonds. The predicted octanol–water partition coefficient (Wildman–Crippen LogP) is 1.67. The fourth-order valence-corrected chi connectivity index (χ4v) is 2.74. The van der Waals surface area contributed by atoms with E-state index in [9.17, 15) is 13.6 Å². The number of hydrogen-bond acceptors (Lipinski definition) is 2. The highest BCUT2D eigenvalue weighted by Gasteiger charge is 2.46. The Morgan fingerprint density at radius 2 is 1.82 bits per heavy atom. The van der Waals surface area contributed by atoms with Gasteiger partial charge in [0.15, 0.2) is 0 Å². The van der Waals surface area contributed by atoms with Crippen LogP contribution in [0.15, 0.2) is 0 Å². The van der Waals surface area contributed by atoms with E-state index in [1.54, 1.807) is 0 Å². The Morgan fingerprint density at radius 1 is 1.24 bits per heavy atom. The summed E-state index contributed by atoms with van der Waals surface area (Å²) in [6.07, 6.45) is 3.26. The molecule has 0 saturated heterocycles. The van der Waals surface area contributed by atoms with E-state index in [4.69, 9.17) is 5.73 Å². The Bertz CT molecular complexity index is 280. The lowest BCUT2D eigenvalue weighted by molar-refractivity contribution is -0.133. The van der Waals surface area contributed by atoms with Gasteiger partial charge in [-0.25, -0.2) is 8.78 Å². The number of nitrogens with one attached hydrogen (secondary N) is 1. The summed E-state index contributed by atoms with van der Waals surface area (Å²) in [7, 11) is 0. The van der Waals surface area contributed by atoms with E-state index in [0.29, 0.717) is 12.5 Å². The molecular formula is C12H20F2N2O. The molecule has 0 bridgehead atoms. The molecule has 0 radical (unpaired) electrons. The fraction of sp³-hybridized carbons (Fsp3) is 0.917. The molecule has 2 aliphatic carbocycles. The van der Waals surface area contributed by atoms with E-state index in [1.807, 2.05) is 0 Å². The highest BCUT2D eigenvalue weighted by Crippen LogP contribution is 2.38. The summed E-state index contributed by atoms with van der Waals surface area (Å²) in [6, 6.07) is -0.315. The lowest BCUT2D eigenvalue weighted by Gasteiger charge is -2.37. The van der Waals surface area contributed by atoms with Crippen LogP contribution in [-0.4, -0.2) is 24.4 Å². The van der Waals surface area contributed by atoms with Gasteiger partial charge in [0.2, 0.25) is 5.91 Å². The van der Waals surface area contributed by atoms with Gasteiger partial charge in [-0.3, -0.25) is 4.79 Å². The minimum Gasteiger partial charge on any atom is -0.353 e. The van der Waals surface area contributed by atoms with Crippen molar-refractivity contribution in [3.63, 3.8) is 0 Å². The molecule has 2 saturated carbocycles. The van der Waals surface area contributed by atoms with Gasteiger partial charge in [0.1, 0.15) is 0 Å². The van der Waals surface area contributed by atoms with Crippen molar-refractivity contribution in [1.82, 2.24) is 5.32 Å². The van der Waals surface area contributed by atoms with Crippen LogP contribution in [0.2, 0.25) is 0 Å². The first-order valence-electron chi connectivity index (χ1n) is 6.38. The standard InChI is InChI=1S/C12H20F2N2O/c13-12(14)5-10(6-12)16-11(17)9-3-1-8(7-15)2-4-9/h8-10H,1-7,15H2,(H,16,17). The van der Waals surface area contributed by atoms with Gasteiger partial charge in [-0.05, 0) is 38.1 Å². The molecule has 0 aliphatic heterocycles. The number of hydrogen-bond donors (Lipinski definition) is 2. The zero-order valence-corrected chi connectivity index (χ0v) is 9.92. The highest BCUT2D eigenvalue weighted by atomic mass is 19.3. The molecule has 2 fully saturated rings. The maximum absolute atomic E-state index is 12.6. The number of carbonyl (C=O) groups is 1. The Kier molecular flexibility index (Phi) is 3.66. The van der Waals surface area contributed by atoms with Crippen LogP contribution in [0, 0.1) is 11.8 Å². The van der Waals surface area contributed by atoms with Crippen molar-refractivity contribution in [3.05, 3.63) is 0 Å². The van der Waals surface area contributed by atoms with Crippen LogP contribution >= 0.6 is 0 Å². The second kappa shape index (κ2) is 4.88. The number of nitrogens with two attached hydrogens (primary N) is 1. The minimum absolute atomic E-state index is 0.00650. The summed E-state index contributed by atoms with van der Waals surface area (Å²) < 4.78 is 25.2. The second-order valence-corrected chi connectivity index (χ2v) is 5.42. The maximum atomic E-state index is 12.6. The first kappa shape index (κ1) is 12.7. The molecule has 0 aromatic rings. The van der Waals surface area contributed by atoms with Gasteiger partial charge in [0, 0.05) is 24.8 Å². The molecule has 0 aromatic carbocycles. The molecule has 17 heavy (non-hydrogen) atoms. The zero-order valence-electron chi connectivity index (χ0n) is 9.92. The summed E-state index contributed by atoms with van der Waals surface area (Å²) in [6.45, 7) is 0.684. The van der Waals surface area contributed by atoms with Crippen LogP contribution in [0.5, 0.6) is 0 Å². The largest absolute Gasteiger partial charge is 0.353 e. The van der Waals surface area contributed by atoms with Crippen LogP contribution in [0.1, 0.15) is 38.5 Å². The maximum Gasteiger partial charge on any atom is 0.252 e. The Morgan fingerprint density at radius 3 is 2.29 bits per heavy atom. The number of halogens is 2. The van der Waals surface area contributed by atoms with Gasteiger partial charge < -0.3 is 11.1 Å². The van der Waals surface area contributed by atoms with Crippen LogP contribution in [0.3, 0.4) is 0 Å². The first-order chi connectivity index (χ1) is 8.00. The van der Waals surface area contributed by atoms with E-state index >= 15 is 0 Å². The molecule has 5 heteroatoms. The van der Waals surface area contributed by atoms with Crippen LogP contribution in [0.25, 0.3) is 0 Å². The van der Waals surface area contributed by atoms with Crippen molar-refractivity contribution in [2.24, 2.45) is 17.6 Å². The quantitative estimate of drug-likeness (QED) is 0.795. The summed E-state index contributed by atoms with van der Waals surface area (Å²) in [5.74, 6) is -2.06. The van der Waals surface area contributed by atoms with Crippen molar-refractivity contribution in [3.8, 4) is 0 Å². The van der Waals surface area contributed by atoms with Crippen molar-refractivity contribution < 1.29 is 13.6 Å². The van der Waals surface area contributed by atoms with Crippen molar-refractivity contribution >= 4 is 5.91 Å². The third-order valence-electron chi connectivity index (χ3n) is 3.99. The fourth-order valence-electron chi connectivity index (χ4n) is 2.74. The zero-order chi connectivity index (χ0) is 12.5. The highest BCUT2D eigenvalue weighted by molar-refractivity contribution is 5.79.